The number of benzene rings is 1. The summed E-state index contributed by atoms with van der Waals surface area (Å²) in [4.78, 5) is 15.1. The average molecular weight is 477 g/mol. The van der Waals surface area contributed by atoms with Crippen molar-refractivity contribution >= 4 is 33.2 Å². The first-order valence-corrected chi connectivity index (χ1v) is 10.9. The number of H-pyrrole nitrogens is 1. The van der Waals surface area contributed by atoms with Crippen LogP contribution in [0.1, 0.15) is 36.8 Å². The summed E-state index contributed by atoms with van der Waals surface area (Å²) in [5, 5.41) is 7.41. The van der Waals surface area contributed by atoms with Gasteiger partial charge in [0.2, 0.25) is 5.69 Å². The number of aromatic amines is 1. The lowest BCUT2D eigenvalue weighted by Crippen LogP contribution is -2.43. The lowest BCUT2D eigenvalue weighted by Gasteiger charge is -2.31. The summed E-state index contributed by atoms with van der Waals surface area (Å²) in [7, 11) is 3.45. The van der Waals surface area contributed by atoms with Gasteiger partial charge in [-0.05, 0) is 48.1 Å². The molecule has 2 aromatic heterocycles. The second kappa shape index (κ2) is 7.18. The number of nitrogens with zero attached hydrogens (tertiary/aromatic N) is 2. The molecule has 0 saturated heterocycles. The molecule has 3 heterocycles. The minimum absolute atomic E-state index is 0.0673. The summed E-state index contributed by atoms with van der Waals surface area (Å²) in [5.41, 5.74) is 3.90. The molecule has 0 unspecified atom stereocenters. The van der Waals surface area contributed by atoms with E-state index in [0.29, 0.717) is 18.1 Å². The first-order valence-electron chi connectivity index (χ1n) is 9.20. The number of ether oxygens (including phenoxy) is 2. The number of thiophene rings is 1. The summed E-state index contributed by atoms with van der Waals surface area (Å²) < 4.78 is 14.2. The van der Waals surface area contributed by atoms with E-state index in [9.17, 15) is 4.79 Å². The van der Waals surface area contributed by atoms with Crippen LogP contribution in [0.4, 0.5) is 0 Å². The summed E-state index contributed by atoms with van der Waals surface area (Å²) in [5.74, 6) is 1.36. The SMILES string of the molecule is COc1cc2c(cc1Br)-c1c(c(C(=O)N(C)C(C)(C)C)[nH][n+]1-c1ccsc1)CO2. The summed E-state index contributed by atoms with van der Waals surface area (Å²) >= 11 is 5.18. The Balaban J connectivity index is 1.95. The number of methoxy groups -OCH3 is 1. The van der Waals surface area contributed by atoms with Crippen LogP contribution in [0.5, 0.6) is 11.5 Å². The first-order chi connectivity index (χ1) is 13.7. The van der Waals surface area contributed by atoms with Gasteiger partial charge in [-0.1, -0.05) is 4.68 Å². The van der Waals surface area contributed by atoms with Crippen LogP contribution < -0.4 is 14.2 Å². The molecule has 0 saturated carbocycles. The number of aromatic nitrogens is 2. The lowest BCUT2D eigenvalue weighted by molar-refractivity contribution is -0.644. The Bertz CT molecular complexity index is 1080. The van der Waals surface area contributed by atoms with Gasteiger partial charge in [-0.15, -0.1) is 11.3 Å². The maximum atomic E-state index is 13.3. The van der Waals surface area contributed by atoms with Crippen LogP contribution in [-0.4, -0.2) is 35.6 Å². The number of hydrogen-bond acceptors (Lipinski definition) is 4. The van der Waals surface area contributed by atoms with E-state index >= 15 is 0 Å². The largest absolute Gasteiger partial charge is 0.495 e. The maximum Gasteiger partial charge on any atom is 0.276 e. The number of carbonyl (C=O) groups is 1. The standard InChI is InChI=1S/C21H22BrN3O3S/c1-21(2,3)24(4)20(26)18-14-10-28-16-9-17(27-5)15(22)8-13(16)19(14)25(23-18)12-6-7-29-11-12/h6-9,11H,10H2,1-5H3/p+1. The number of carbonyl (C=O) groups excluding carboxylic acids is 1. The van der Waals surface area contributed by atoms with Gasteiger partial charge in [0.05, 0.1) is 28.1 Å². The van der Waals surface area contributed by atoms with Crippen LogP contribution in [0, 0.1) is 0 Å². The normalized spacial score (nSPS) is 12.8. The third kappa shape index (κ3) is 3.34. The van der Waals surface area contributed by atoms with Gasteiger partial charge in [-0.25, -0.2) is 0 Å². The molecular formula is C21H23BrN3O3S+. The fourth-order valence-electron chi connectivity index (χ4n) is 3.29. The van der Waals surface area contributed by atoms with Crippen LogP contribution >= 0.6 is 27.3 Å². The van der Waals surface area contributed by atoms with Crippen molar-refractivity contribution in [1.29, 1.82) is 0 Å². The van der Waals surface area contributed by atoms with Crippen LogP contribution in [0.15, 0.2) is 33.4 Å². The Morgan fingerprint density at radius 1 is 1.38 bits per heavy atom. The number of nitrogens with one attached hydrogen (secondary N) is 1. The number of rotatable bonds is 3. The highest BCUT2D eigenvalue weighted by molar-refractivity contribution is 9.10. The van der Waals surface area contributed by atoms with Crippen molar-refractivity contribution in [2.24, 2.45) is 0 Å². The fraction of sp³-hybridized carbons (Fsp3) is 0.333. The quantitative estimate of drug-likeness (QED) is 0.563. The first kappa shape index (κ1) is 20.0. The zero-order valence-corrected chi connectivity index (χ0v) is 19.4. The van der Waals surface area contributed by atoms with Gasteiger partial charge in [-0.2, -0.15) is 5.10 Å². The molecule has 1 aliphatic heterocycles. The molecule has 0 spiro atoms. The molecule has 0 radical (unpaired) electrons. The van der Waals surface area contributed by atoms with Gasteiger partial charge in [0.25, 0.3) is 11.6 Å². The second-order valence-electron chi connectivity index (χ2n) is 7.94. The van der Waals surface area contributed by atoms with Crippen LogP contribution in [0.3, 0.4) is 0 Å². The summed E-state index contributed by atoms with van der Waals surface area (Å²) in [6.07, 6.45) is 0. The molecule has 0 fully saturated rings. The number of halogens is 1. The van der Waals surface area contributed by atoms with Gasteiger partial charge in [0.1, 0.15) is 18.1 Å². The minimum Gasteiger partial charge on any atom is -0.495 e. The highest BCUT2D eigenvalue weighted by Crippen LogP contribution is 2.43. The number of hydrogen-bond donors (Lipinski definition) is 1. The highest BCUT2D eigenvalue weighted by Gasteiger charge is 2.39. The minimum atomic E-state index is -0.299. The van der Waals surface area contributed by atoms with E-state index < -0.39 is 0 Å². The van der Waals surface area contributed by atoms with E-state index in [0.717, 1.165) is 32.7 Å². The lowest BCUT2D eigenvalue weighted by atomic mass is 10.0. The van der Waals surface area contributed by atoms with E-state index in [-0.39, 0.29) is 11.4 Å². The Labute approximate surface area is 182 Å². The number of amides is 1. The van der Waals surface area contributed by atoms with Crippen molar-refractivity contribution in [2.75, 3.05) is 14.2 Å². The molecule has 0 bridgehead atoms. The van der Waals surface area contributed by atoms with Crippen LogP contribution in [0.2, 0.25) is 0 Å². The van der Waals surface area contributed by atoms with Crippen molar-refractivity contribution in [3.63, 3.8) is 0 Å². The monoisotopic (exact) mass is 476 g/mol. The molecule has 29 heavy (non-hydrogen) atoms. The maximum absolute atomic E-state index is 13.3. The molecule has 152 valence electrons. The fourth-order valence-corrected chi connectivity index (χ4v) is 4.41. The van der Waals surface area contributed by atoms with Gasteiger partial charge >= 0.3 is 0 Å². The summed E-state index contributed by atoms with van der Waals surface area (Å²) in [6.45, 7) is 6.35. The molecule has 0 atom stereocenters. The van der Waals surface area contributed by atoms with Crippen molar-refractivity contribution in [1.82, 2.24) is 10.00 Å². The molecule has 1 amide bonds. The van der Waals surface area contributed by atoms with Crippen molar-refractivity contribution in [3.05, 3.63) is 44.7 Å². The average Bonchev–Trinajstić information content (AvgIpc) is 3.33. The molecule has 0 aliphatic carbocycles. The molecular weight excluding hydrogens is 454 g/mol. The number of fused-ring (bicyclic) bond motifs is 3. The molecule has 3 aromatic rings. The molecule has 6 nitrogen and oxygen atoms in total. The molecule has 8 heteroatoms. The van der Waals surface area contributed by atoms with Crippen molar-refractivity contribution in [3.8, 4) is 28.4 Å². The predicted octanol–water partition coefficient (Wildman–Crippen LogP) is 4.55. The van der Waals surface area contributed by atoms with Crippen molar-refractivity contribution in [2.45, 2.75) is 32.9 Å². The highest BCUT2D eigenvalue weighted by atomic mass is 79.9. The second-order valence-corrected chi connectivity index (χ2v) is 9.57. The van der Waals surface area contributed by atoms with Crippen LogP contribution in [-0.2, 0) is 6.61 Å². The van der Waals surface area contributed by atoms with E-state index in [1.165, 1.54) is 0 Å². The molecule has 1 N–H and O–H groups in total. The van der Waals surface area contributed by atoms with E-state index in [2.05, 4.69) is 21.0 Å². The molecule has 1 aromatic carbocycles. The van der Waals surface area contributed by atoms with Gasteiger partial charge in [0.15, 0.2) is 5.69 Å². The summed E-state index contributed by atoms with van der Waals surface area (Å²) in [6, 6.07) is 5.87. The van der Waals surface area contributed by atoms with Gasteiger partial charge in [-0.3, -0.25) is 4.79 Å². The zero-order chi connectivity index (χ0) is 20.9. The zero-order valence-electron chi connectivity index (χ0n) is 17.0. The van der Waals surface area contributed by atoms with E-state index in [1.807, 2.05) is 61.5 Å². The predicted molar refractivity (Wildman–Crippen MR) is 116 cm³/mol. The van der Waals surface area contributed by atoms with Gasteiger partial charge < -0.3 is 14.4 Å². The van der Waals surface area contributed by atoms with Crippen molar-refractivity contribution < 1.29 is 19.0 Å². The topological polar surface area (TPSA) is 58.4 Å². The van der Waals surface area contributed by atoms with E-state index in [1.54, 1.807) is 23.3 Å². The van der Waals surface area contributed by atoms with Gasteiger partial charge in [0, 0.05) is 24.7 Å². The molecule has 4 rings (SSSR count). The van der Waals surface area contributed by atoms with E-state index in [4.69, 9.17) is 9.47 Å². The molecule has 1 aliphatic rings. The Hall–Kier alpha value is -2.32. The third-order valence-corrected chi connectivity index (χ3v) is 6.50. The Morgan fingerprint density at radius 2 is 2.14 bits per heavy atom. The Morgan fingerprint density at radius 3 is 2.76 bits per heavy atom. The smallest absolute Gasteiger partial charge is 0.276 e. The van der Waals surface area contributed by atoms with Crippen LogP contribution in [0.25, 0.3) is 16.9 Å². The third-order valence-electron chi connectivity index (χ3n) is 5.21. The Kier molecular flexibility index (Phi) is 4.94.